The minimum Gasteiger partial charge on any atom is -0.380 e. The van der Waals surface area contributed by atoms with Crippen LogP contribution in [-0.2, 0) is 30.9 Å². The molecule has 2 aliphatic rings. The summed E-state index contributed by atoms with van der Waals surface area (Å²) in [5, 5.41) is 0.950. The van der Waals surface area contributed by atoms with Crippen LogP contribution in [0.5, 0.6) is 0 Å². The van der Waals surface area contributed by atoms with Gasteiger partial charge in [0.15, 0.2) is 0 Å². The maximum Gasteiger partial charge on any atom is 0.240 e. The molecule has 1 amide bonds. The second-order valence-electron chi connectivity index (χ2n) is 10.2. The van der Waals surface area contributed by atoms with E-state index in [-0.39, 0.29) is 28.8 Å². The number of hydrogen-bond donors (Lipinski definition) is 2. The Balaban J connectivity index is 1.23. The number of sulfonamides is 1. The van der Waals surface area contributed by atoms with E-state index in [1.54, 1.807) is 19.2 Å². The molecule has 1 atom stereocenters. The Labute approximate surface area is 218 Å². The molecule has 3 aromatic rings. The monoisotopic (exact) mass is 525 g/mol. The van der Waals surface area contributed by atoms with Gasteiger partial charge in [-0.05, 0) is 61.9 Å². The van der Waals surface area contributed by atoms with Crippen molar-refractivity contribution in [2.75, 3.05) is 26.9 Å². The van der Waals surface area contributed by atoms with Crippen LogP contribution in [0.2, 0.25) is 0 Å². The van der Waals surface area contributed by atoms with Gasteiger partial charge in [0.1, 0.15) is 0 Å². The molecule has 2 fully saturated rings. The molecule has 0 bridgehead atoms. The number of carbonyl (C=O) groups is 1. The maximum absolute atomic E-state index is 13.2. The number of aromatic nitrogens is 1. The van der Waals surface area contributed by atoms with Gasteiger partial charge in [-0.15, -0.1) is 0 Å². The van der Waals surface area contributed by atoms with Crippen LogP contribution >= 0.6 is 0 Å². The Kier molecular flexibility index (Phi) is 7.67. The van der Waals surface area contributed by atoms with Gasteiger partial charge >= 0.3 is 0 Å². The summed E-state index contributed by atoms with van der Waals surface area (Å²) in [5.41, 5.74) is 3.82. The number of benzene rings is 2. The van der Waals surface area contributed by atoms with Crippen molar-refractivity contribution in [3.05, 3.63) is 54.1 Å². The van der Waals surface area contributed by atoms with Gasteiger partial charge in [0.2, 0.25) is 15.9 Å². The molecule has 0 spiro atoms. The highest BCUT2D eigenvalue weighted by Gasteiger charge is 2.34. The predicted octanol–water partition coefficient (Wildman–Crippen LogP) is 4.07. The minimum absolute atomic E-state index is 0.0430. The fourth-order valence-corrected chi connectivity index (χ4v) is 6.74. The SMILES string of the molecule is COCc1ccc(-c2cc3ccc(S(=O)(=O)NC4CCC(C(=O)N5CCOCC5C)CC4)cc3[nH]2)cc1. The summed E-state index contributed by atoms with van der Waals surface area (Å²) in [7, 11) is -2.01. The van der Waals surface area contributed by atoms with Crippen molar-refractivity contribution in [3.8, 4) is 11.3 Å². The summed E-state index contributed by atoms with van der Waals surface area (Å²) in [4.78, 5) is 18.5. The molecule has 5 rings (SSSR count). The van der Waals surface area contributed by atoms with Crippen molar-refractivity contribution in [2.24, 2.45) is 5.92 Å². The minimum atomic E-state index is -3.68. The summed E-state index contributed by atoms with van der Waals surface area (Å²) in [6.45, 7) is 4.37. The summed E-state index contributed by atoms with van der Waals surface area (Å²) in [6, 6.07) is 15.2. The van der Waals surface area contributed by atoms with Crippen LogP contribution in [-0.4, -0.2) is 63.2 Å². The van der Waals surface area contributed by atoms with E-state index in [4.69, 9.17) is 9.47 Å². The molecule has 1 unspecified atom stereocenters. The topological polar surface area (TPSA) is 101 Å². The third-order valence-electron chi connectivity index (χ3n) is 7.53. The van der Waals surface area contributed by atoms with Crippen LogP contribution in [0.3, 0.4) is 0 Å². The first kappa shape index (κ1) is 25.9. The fraction of sp³-hybridized carbons (Fsp3) is 0.464. The number of nitrogens with one attached hydrogen (secondary N) is 2. The third kappa shape index (κ3) is 5.75. The number of carbonyl (C=O) groups excluding carboxylic acids is 1. The zero-order valence-corrected chi connectivity index (χ0v) is 22.2. The molecule has 1 saturated carbocycles. The van der Waals surface area contributed by atoms with E-state index in [1.807, 2.05) is 48.2 Å². The van der Waals surface area contributed by atoms with Gasteiger partial charge in [-0.3, -0.25) is 4.79 Å². The van der Waals surface area contributed by atoms with Crippen molar-refractivity contribution in [2.45, 2.75) is 56.2 Å². The smallest absolute Gasteiger partial charge is 0.240 e. The van der Waals surface area contributed by atoms with Crippen LogP contribution < -0.4 is 4.72 Å². The zero-order valence-electron chi connectivity index (χ0n) is 21.4. The molecule has 2 heterocycles. The van der Waals surface area contributed by atoms with Gasteiger partial charge in [-0.25, -0.2) is 13.1 Å². The second kappa shape index (κ2) is 10.9. The standard InChI is InChI=1S/C28H35N3O5S/c1-19-17-36-14-13-31(19)28(32)22-7-10-24(11-8-22)30-37(33,34)25-12-9-23-15-26(29-27(23)16-25)21-5-3-20(4-6-21)18-35-2/h3-6,9,12,15-16,19,22,24,29-30H,7-8,10-11,13-14,17-18H2,1-2H3. The quantitative estimate of drug-likeness (QED) is 0.484. The molecule has 1 aliphatic carbocycles. The molecule has 2 aromatic carbocycles. The Bertz CT molecular complexity index is 1340. The first-order valence-corrected chi connectivity index (χ1v) is 14.4. The lowest BCUT2D eigenvalue weighted by molar-refractivity contribution is -0.144. The Morgan fingerprint density at radius 1 is 1.11 bits per heavy atom. The average Bonchev–Trinajstić information content (AvgIpc) is 3.33. The Morgan fingerprint density at radius 3 is 2.57 bits per heavy atom. The highest BCUT2D eigenvalue weighted by Crippen LogP contribution is 2.30. The van der Waals surface area contributed by atoms with Gasteiger partial charge in [0, 0.05) is 42.2 Å². The lowest BCUT2D eigenvalue weighted by Gasteiger charge is -2.37. The van der Waals surface area contributed by atoms with Crippen molar-refractivity contribution in [3.63, 3.8) is 0 Å². The van der Waals surface area contributed by atoms with Crippen molar-refractivity contribution in [1.82, 2.24) is 14.6 Å². The molecule has 8 nitrogen and oxygen atoms in total. The molecular weight excluding hydrogens is 490 g/mol. The van der Waals surface area contributed by atoms with Crippen LogP contribution in [0.15, 0.2) is 53.4 Å². The molecular formula is C28H35N3O5S. The van der Waals surface area contributed by atoms with E-state index < -0.39 is 10.0 Å². The molecule has 2 N–H and O–H groups in total. The molecule has 37 heavy (non-hydrogen) atoms. The van der Waals surface area contributed by atoms with Gasteiger partial charge < -0.3 is 19.4 Å². The molecule has 9 heteroatoms. The number of ether oxygens (including phenoxy) is 2. The Hall–Kier alpha value is -2.72. The fourth-order valence-electron chi connectivity index (χ4n) is 5.41. The van der Waals surface area contributed by atoms with Crippen LogP contribution in [0.4, 0.5) is 0 Å². The number of morpholine rings is 1. The Morgan fingerprint density at radius 2 is 1.86 bits per heavy atom. The number of hydrogen-bond acceptors (Lipinski definition) is 5. The van der Waals surface area contributed by atoms with Crippen LogP contribution in [0.25, 0.3) is 22.2 Å². The van der Waals surface area contributed by atoms with E-state index >= 15 is 0 Å². The number of H-pyrrole nitrogens is 1. The van der Waals surface area contributed by atoms with Gasteiger partial charge in [0.05, 0.1) is 30.8 Å². The number of nitrogens with zero attached hydrogens (tertiary/aromatic N) is 1. The maximum atomic E-state index is 13.2. The van der Waals surface area contributed by atoms with Crippen LogP contribution in [0.1, 0.15) is 38.2 Å². The van der Waals surface area contributed by atoms with Crippen molar-refractivity contribution in [1.29, 1.82) is 0 Å². The number of rotatable bonds is 7. The first-order chi connectivity index (χ1) is 17.8. The average molecular weight is 526 g/mol. The predicted molar refractivity (Wildman–Crippen MR) is 143 cm³/mol. The first-order valence-electron chi connectivity index (χ1n) is 13.0. The number of amides is 1. The molecule has 0 radical (unpaired) electrons. The summed E-state index contributed by atoms with van der Waals surface area (Å²) in [6.07, 6.45) is 2.70. The number of aromatic amines is 1. The van der Waals surface area contributed by atoms with E-state index in [0.29, 0.717) is 52.0 Å². The normalized spacial score (nSPS) is 22.9. The van der Waals surface area contributed by atoms with Crippen LogP contribution in [0, 0.1) is 5.92 Å². The highest BCUT2D eigenvalue weighted by atomic mass is 32.2. The van der Waals surface area contributed by atoms with E-state index in [0.717, 1.165) is 27.7 Å². The molecule has 1 saturated heterocycles. The number of methoxy groups -OCH3 is 1. The van der Waals surface area contributed by atoms with E-state index in [1.165, 1.54) is 0 Å². The van der Waals surface area contributed by atoms with Gasteiger partial charge in [-0.2, -0.15) is 0 Å². The summed E-state index contributed by atoms with van der Waals surface area (Å²) < 4.78 is 39.9. The molecule has 1 aliphatic heterocycles. The zero-order chi connectivity index (χ0) is 26.0. The largest absolute Gasteiger partial charge is 0.380 e. The second-order valence-corrected chi connectivity index (χ2v) is 11.9. The van der Waals surface area contributed by atoms with Crippen molar-refractivity contribution < 1.29 is 22.7 Å². The lowest BCUT2D eigenvalue weighted by Crippen LogP contribution is -2.50. The highest BCUT2D eigenvalue weighted by molar-refractivity contribution is 7.89. The summed E-state index contributed by atoms with van der Waals surface area (Å²) >= 11 is 0. The van der Waals surface area contributed by atoms with Gasteiger partial charge in [-0.1, -0.05) is 30.3 Å². The molecule has 1 aromatic heterocycles. The summed E-state index contributed by atoms with van der Waals surface area (Å²) in [5.74, 6) is 0.136. The van der Waals surface area contributed by atoms with E-state index in [9.17, 15) is 13.2 Å². The number of fused-ring (bicyclic) bond motifs is 1. The van der Waals surface area contributed by atoms with E-state index in [2.05, 4.69) is 9.71 Å². The van der Waals surface area contributed by atoms with Crippen molar-refractivity contribution >= 4 is 26.8 Å². The lowest BCUT2D eigenvalue weighted by atomic mass is 9.85. The molecule has 198 valence electrons. The van der Waals surface area contributed by atoms with Gasteiger partial charge in [0.25, 0.3) is 0 Å². The third-order valence-corrected chi connectivity index (χ3v) is 9.05.